The average molecular weight is 305 g/mol. The van der Waals surface area contributed by atoms with Gasteiger partial charge in [0.05, 0.1) is 16.0 Å². The van der Waals surface area contributed by atoms with Gasteiger partial charge in [-0.3, -0.25) is 14.2 Å². The van der Waals surface area contributed by atoms with E-state index < -0.39 is 17.9 Å². The van der Waals surface area contributed by atoms with Gasteiger partial charge in [-0.2, -0.15) is 4.40 Å². The molecule has 11 heteroatoms. The maximum atomic E-state index is 9.76. The number of nitrogens with zero attached hydrogens (tertiary/aromatic N) is 2. The summed E-state index contributed by atoms with van der Waals surface area (Å²) in [5.74, 6) is 0.530. The lowest BCUT2D eigenvalue weighted by atomic mass is 9.96. The van der Waals surface area contributed by atoms with Gasteiger partial charge < -0.3 is 10.0 Å². The number of aromatic amines is 2. The Bertz CT molecular complexity index is 590. The van der Waals surface area contributed by atoms with E-state index in [1.165, 1.54) is 12.1 Å². The fraction of sp³-hybridized carbons (Fsp3) is 0. The van der Waals surface area contributed by atoms with Crippen LogP contribution in [0, 0.1) is 0 Å². The molecule has 0 aliphatic carbocycles. The van der Waals surface area contributed by atoms with Crippen molar-refractivity contribution in [2.75, 3.05) is 0 Å². The Labute approximate surface area is 114 Å². The Morgan fingerprint density at radius 2 is 2.05 bits per heavy atom. The zero-order valence-corrected chi connectivity index (χ0v) is 10.9. The highest BCUT2D eigenvalue weighted by molar-refractivity contribution is 8.23. The fourth-order valence-corrected chi connectivity index (χ4v) is 2.56. The Morgan fingerprint density at radius 1 is 1.37 bits per heavy atom. The predicted molar refractivity (Wildman–Crippen MR) is 73.2 cm³/mol. The van der Waals surface area contributed by atoms with Crippen LogP contribution in [0.25, 0.3) is 11.4 Å². The molecule has 19 heavy (non-hydrogen) atoms. The number of H-pyrrole nitrogens is 2. The molecule has 0 aliphatic heterocycles. The molecule has 1 aromatic heterocycles. The second-order valence-electron chi connectivity index (χ2n) is 3.53. The molecule has 0 unspecified atom stereocenters. The molecule has 6 N–H and O–H groups in total. The van der Waals surface area contributed by atoms with Crippen molar-refractivity contribution >= 4 is 35.6 Å². The van der Waals surface area contributed by atoms with Crippen LogP contribution in [-0.2, 0) is 0 Å². The van der Waals surface area contributed by atoms with Crippen molar-refractivity contribution in [1.82, 2.24) is 15.4 Å². The fourth-order valence-electron chi connectivity index (χ4n) is 1.30. The lowest BCUT2D eigenvalue weighted by molar-refractivity contribution is 0.431. The van der Waals surface area contributed by atoms with Crippen LogP contribution in [0.2, 0.25) is 5.02 Å². The van der Waals surface area contributed by atoms with Gasteiger partial charge >= 0.3 is 7.12 Å². The Morgan fingerprint density at radius 3 is 2.53 bits per heavy atom. The first kappa shape index (κ1) is 14.1. The molecule has 1 heterocycles. The van der Waals surface area contributed by atoms with Gasteiger partial charge in [0.1, 0.15) is 0 Å². The molecule has 1 aromatic carbocycles. The van der Waals surface area contributed by atoms with Crippen LogP contribution in [0.3, 0.4) is 0 Å². The highest BCUT2D eigenvalue weighted by atomic mass is 35.5. The molecule has 102 valence electrons. The van der Waals surface area contributed by atoms with Gasteiger partial charge in [-0.05, 0) is 18.2 Å². The molecule has 2 aromatic rings. The van der Waals surface area contributed by atoms with Crippen molar-refractivity contribution in [1.29, 1.82) is 0 Å². The smallest absolute Gasteiger partial charge is 0.423 e. The molecule has 0 atom stereocenters. The third-order valence-electron chi connectivity index (χ3n) is 2.20. The van der Waals surface area contributed by atoms with Crippen LogP contribution in [0.5, 0.6) is 0 Å². The zero-order chi connectivity index (χ0) is 14.0. The van der Waals surface area contributed by atoms with E-state index in [9.17, 15) is 9.11 Å². The Hall–Kier alpha value is -1.30. The van der Waals surface area contributed by atoms with Crippen molar-refractivity contribution in [3.05, 3.63) is 23.2 Å². The van der Waals surface area contributed by atoms with E-state index >= 15 is 0 Å². The van der Waals surface area contributed by atoms with Gasteiger partial charge in [-0.15, -0.1) is 5.10 Å². The molecular formula is C8H10BClN4O4S. The van der Waals surface area contributed by atoms with Crippen LogP contribution >= 0.6 is 22.4 Å². The second kappa shape index (κ2) is 5.37. The lowest BCUT2D eigenvalue weighted by Gasteiger charge is -2.27. The summed E-state index contributed by atoms with van der Waals surface area (Å²) in [6.45, 7) is 0. The predicted octanol–water partition coefficient (Wildman–Crippen LogP) is 1.17. The molecule has 0 bridgehead atoms. The number of aromatic nitrogens is 3. The molecule has 0 saturated carbocycles. The largest absolute Gasteiger partial charge is 0.501 e. The third-order valence-corrected chi connectivity index (χ3v) is 3.81. The minimum absolute atomic E-state index is 0.0611. The van der Waals surface area contributed by atoms with Gasteiger partial charge in [0.2, 0.25) is 0 Å². The number of nitrogens with one attached hydrogen (secondary N) is 2. The first-order valence-corrected chi connectivity index (χ1v) is 6.87. The van der Waals surface area contributed by atoms with E-state index in [1.807, 2.05) is 0 Å². The van der Waals surface area contributed by atoms with E-state index in [0.717, 1.165) is 0 Å². The first-order chi connectivity index (χ1) is 8.90. The van der Waals surface area contributed by atoms with Crippen molar-refractivity contribution in [3.63, 3.8) is 0 Å². The lowest BCUT2D eigenvalue weighted by Crippen LogP contribution is -2.13. The van der Waals surface area contributed by atoms with Crippen molar-refractivity contribution in [2.24, 2.45) is 4.40 Å². The van der Waals surface area contributed by atoms with Crippen LogP contribution in [0.4, 0.5) is 0 Å². The minimum Gasteiger partial charge on any atom is -0.423 e. The maximum absolute atomic E-state index is 9.76. The van der Waals surface area contributed by atoms with E-state index in [0.29, 0.717) is 17.5 Å². The summed E-state index contributed by atoms with van der Waals surface area (Å²) >= 11 is 6.00. The molecule has 0 saturated heterocycles. The summed E-state index contributed by atoms with van der Waals surface area (Å²) in [6.07, 6.45) is 0.624. The summed E-state index contributed by atoms with van der Waals surface area (Å²) in [4.78, 5) is 0.0611. The highest BCUT2D eigenvalue weighted by Crippen LogP contribution is 2.50. The third kappa shape index (κ3) is 3.18. The van der Waals surface area contributed by atoms with Gasteiger partial charge in [0.15, 0.2) is 5.82 Å². The Balaban J connectivity index is 2.30. The van der Waals surface area contributed by atoms with Gasteiger partial charge in [-0.1, -0.05) is 22.4 Å². The Kier molecular flexibility index (Phi) is 3.99. The molecule has 0 aliphatic rings. The normalized spacial score (nSPS) is 13.1. The average Bonchev–Trinajstić information content (AvgIpc) is 2.27. The molecular weight excluding hydrogens is 294 g/mol. The van der Waals surface area contributed by atoms with E-state index in [-0.39, 0.29) is 9.92 Å². The minimum atomic E-state index is -3.52. The van der Waals surface area contributed by atoms with E-state index in [4.69, 9.17) is 21.6 Å². The number of hydrogen-bond acceptors (Lipinski definition) is 6. The summed E-state index contributed by atoms with van der Waals surface area (Å²) < 4.78 is 22.9. The second-order valence-corrected chi connectivity index (χ2v) is 5.65. The van der Waals surface area contributed by atoms with Crippen molar-refractivity contribution in [2.45, 2.75) is 4.90 Å². The summed E-state index contributed by atoms with van der Waals surface area (Å²) in [6, 6.07) is 4.29. The van der Waals surface area contributed by atoms with Crippen molar-refractivity contribution < 1.29 is 19.2 Å². The van der Waals surface area contributed by atoms with E-state index in [2.05, 4.69) is 19.8 Å². The van der Waals surface area contributed by atoms with Crippen molar-refractivity contribution in [3.8, 4) is 11.4 Å². The van der Waals surface area contributed by atoms with Crippen LogP contribution in [-0.4, -0.2) is 47.8 Å². The topological polar surface area (TPSA) is 138 Å². The SMILES string of the molecule is OB(O)C=NS(O)(O)c1ccc(-c2n[nH][nH]2)c(Cl)c1. The van der Waals surface area contributed by atoms with Gasteiger partial charge in [0, 0.05) is 5.56 Å². The molecule has 2 rings (SSSR count). The maximum Gasteiger partial charge on any atom is 0.501 e. The summed E-state index contributed by atoms with van der Waals surface area (Å²) in [5.41, 5.74) is 0.588. The number of benzene rings is 1. The standard InChI is InChI=1S/C8H10BClN4O4S/c10-7-3-5(19(17,18)11-4-9(15)16)1-2-6(7)8-12-14-13-8/h1-4,14-18H,(H,12,13). The van der Waals surface area contributed by atoms with Gasteiger partial charge in [-0.25, -0.2) is 5.21 Å². The molecule has 0 radical (unpaired) electrons. The number of hydrogen-bond donors (Lipinski definition) is 6. The molecule has 0 spiro atoms. The molecule has 0 amide bonds. The summed E-state index contributed by atoms with van der Waals surface area (Å²) in [7, 11) is -5.38. The van der Waals surface area contributed by atoms with Crippen LogP contribution in [0.15, 0.2) is 27.5 Å². The van der Waals surface area contributed by atoms with Crippen LogP contribution < -0.4 is 0 Å². The number of halogens is 1. The number of rotatable bonds is 4. The monoisotopic (exact) mass is 304 g/mol. The molecule has 8 nitrogen and oxygen atoms in total. The first-order valence-electron chi connectivity index (χ1n) is 4.98. The van der Waals surface area contributed by atoms with E-state index in [1.54, 1.807) is 6.07 Å². The highest BCUT2D eigenvalue weighted by Gasteiger charge is 2.18. The summed E-state index contributed by atoms with van der Waals surface area (Å²) in [5, 5.41) is 26.5. The van der Waals surface area contributed by atoms with Crippen LogP contribution in [0.1, 0.15) is 0 Å². The van der Waals surface area contributed by atoms with Gasteiger partial charge in [0.25, 0.3) is 0 Å². The zero-order valence-electron chi connectivity index (χ0n) is 9.36. The molecule has 0 fully saturated rings. The quantitative estimate of drug-likeness (QED) is 0.372.